The molecule has 0 saturated heterocycles. The van der Waals surface area contributed by atoms with Crippen molar-refractivity contribution in [2.24, 2.45) is 7.05 Å². The van der Waals surface area contributed by atoms with Crippen molar-refractivity contribution in [3.63, 3.8) is 0 Å². The molecule has 124 valence electrons. The minimum atomic E-state index is -2.94. The molecule has 0 aliphatic rings. The Morgan fingerprint density at radius 1 is 1.43 bits per heavy atom. The van der Waals surface area contributed by atoms with E-state index in [2.05, 4.69) is 15.2 Å². The zero-order valence-corrected chi connectivity index (χ0v) is 12.7. The van der Waals surface area contributed by atoms with E-state index in [4.69, 9.17) is 0 Å². The highest BCUT2D eigenvalue weighted by molar-refractivity contribution is 5.92. The van der Waals surface area contributed by atoms with E-state index >= 15 is 0 Å². The highest BCUT2D eigenvalue weighted by Gasteiger charge is 2.15. The number of aliphatic hydroxyl groups excluding tert-OH is 1. The molecule has 2 aromatic rings. The number of hydrogen-bond acceptors (Lipinski definition) is 4. The molecule has 1 unspecified atom stereocenters. The fourth-order valence-electron chi connectivity index (χ4n) is 2.12. The number of alkyl halides is 2. The standard InChI is InChI=1S/C15H17F2N3O3/c1-9-6-12(20(2)19-9)14(22)18-8-13(21)10-4-3-5-11(7-10)23-15(16)17/h3-7,13,15,21H,8H2,1-2H3,(H,18,22). The number of amides is 1. The number of aliphatic hydroxyl groups is 1. The van der Waals surface area contributed by atoms with E-state index in [1.165, 1.54) is 22.9 Å². The Labute approximate surface area is 131 Å². The highest BCUT2D eigenvalue weighted by atomic mass is 19.3. The maximum atomic E-state index is 12.2. The second-order valence-corrected chi connectivity index (χ2v) is 4.97. The molecule has 0 radical (unpaired) electrons. The smallest absolute Gasteiger partial charge is 0.387 e. The van der Waals surface area contributed by atoms with E-state index in [9.17, 15) is 18.7 Å². The van der Waals surface area contributed by atoms with E-state index in [0.29, 0.717) is 17.0 Å². The molecule has 0 bridgehead atoms. The predicted molar refractivity (Wildman–Crippen MR) is 78.3 cm³/mol. The molecule has 1 aromatic carbocycles. The molecular formula is C15H17F2N3O3. The zero-order chi connectivity index (χ0) is 17.0. The molecule has 1 atom stereocenters. The van der Waals surface area contributed by atoms with Gasteiger partial charge in [0.05, 0.1) is 11.8 Å². The lowest BCUT2D eigenvalue weighted by molar-refractivity contribution is -0.0499. The summed E-state index contributed by atoms with van der Waals surface area (Å²) in [6.45, 7) is -1.24. The molecule has 0 aliphatic carbocycles. The van der Waals surface area contributed by atoms with E-state index in [1.54, 1.807) is 26.1 Å². The van der Waals surface area contributed by atoms with Crippen LogP contribution in [0.3, 0.4) is 0 Å². The third-order valence-electron chi connectivity index (χ3n) is 3.16. The fourth-order valence-corrected chi connectivity index (χ4v) is 2.12. The first-order valence-corrected chi connectivity index (χ1v) is 6.88. The molecule has 23 heavy (non-hydrogen) atoms. The number of carbonyl (C=O) groups is 1. The molecule has 0 saturated carbocycles. The molecule has 2 N–H and O–H groups in total. The maximum absolute atomic E-state index is 12.2. The van der Waals surface area contributed by atoms with Crippen molar-refractivity contribution in [3.8, 4) is 5.75 Å². The number of benzene rings is 1. The lowest BCUT2D eigenvalue weighted by atomic mass is 10.1. The second-order valence-electron chi connectivity index (χ2n) is 4.97. The van der Waals surface area contributed by atoms with Gasteiger partial charge in [0.1, 0.15) is 11.4 Å². The first-order valence-electron chi connectivity index (χ1n) is 6.88. The van der Waals surface area contributed by atoms with Gasteiger partial charge in [-0.15, -0.1) is 0 Å². The Kier molecular flexibility index (Phi) is 5.28. The lowest BCUT2D eigenvalue weighted by Crippen LogP contribution is -2.29. The largest absolute Gasteiger partial charge is 0.435 e. The summed E-state index contributed by atoms with van der Waals surface area (Å²) in [5.41, 5.74) is 1.43. The Hall–Kier alpha value is -2.48. The van der Waals surface area contributed by atoms with E-state index in [-0.39, 0.29) is 18.2 Å². The first kappa shape index (κ1) is 16.9. The van der Waals surface area contributed by atoms with Crippen molar-refractivity contribution < 1.29 is 23.4 Å². The third-order valence-corrected chi connectivity index (χ3v) is 3.16. The first-order chi connectivity index (χ1) is 10.9. The van der Waals surface area contributed by atoms with Crippen LogP contribution >= 0.6 is 0 Å². The average Bonchev–Trinajstić information content (AvgIpc) is 2.83. The quantitative estimate of drug-likeness (QED) is 0.849. The summed E-state index contributed by atoms with van der Waals surface area (Å²) in [4.78, 5) is 12.0. The van der Waals surface area contributed by atoms with Crippen LogP contribution in [0.2, 0.25) is 0 Å². The summed E-state index contributed by atoms with van der Waals surface area (Å²) in [5.74, 6) is -0.433. The van der Waals surface area contributed by atoms with Crippen LogP contribution in [-0.2, 0) is 7.05 Å². The van der Waals surface area contributed by atoms with Crippen molar-refractivity contribution in [1.82, 2.24) is 15.1 Å². The van der Waals surface area contributed by atoms with Crippen LogP contribution in [0.25, 0.3) is 0 Å². The number of nitrogens with zero attached hydrogens (tertiary/aromatic N) is 2. The van der Waals surface area contributed by atoms with Crippen LogP contribution in [0.5, 0.6) is 5.75 Å². The molecule has 0 aliphatic heterocycles. The van der Waals surface area contributed by atoms with Crippen molar-refractivity contribution in [2.45, 2.75) is 19.6 Å². The van der Waals surface area contributed by atoms with E-state index in [1.807, 2.05) is 0 Å². The van der Waals surface area contributed by atoms with Gasteiger partial charge in [0.15, 0.2) is 0 Å². The molecule has 1 heterocycles. The number of rotatable bonds is 6. The zero-order valence-electron chi connectivity index (χ0n) is 12.7. The van der Waals surface area contributed by atoms with Gasteiger partial charge in [-0.2, -0.15) is 13.9 Å². The molecule has 6 nitrogen and oxygen atoms in total. The third kappa shape index (κ3) is 4.49. The van der Waals surface area contributed by atoms with Crippen molar-refractivity contribution in [2.75, 3.05) is 6.54 Å². The lowest BCUT2D eigenvalue weighted by Gasteiger charge is -2.13. The molecule has 8 heteroatoms. The van der Waals surface area contributed by atoms with Crippen LogP contribution in [0.1, 0.15) is 27.8 Å². The number of nitrogens with one attached hydrogen (secondary N) is 1. The minimum Gasteiger partial charge on any atom is -0.435 e. The van der Waals surface area contributed by atoms with Gasteiger partial charge in [-0.05, 0) is 30.7 Å². The summed E-state index contributed by atoms with van der Waals surface area (Å²) in [7, 11) is 1.64. The number of carbonyl (C=O) groups excluding carboxylic acids is 1. The summed E-state index contributed by atoms with van der Waals surface area (Å²) in [6.07, 6.45) is -1.05. The van der Waals surface area contributed by atoms with Gasteiger partial charge in [0.25, 0.3) is 5.91 Å². The molecular weight excluding hydrogens is 308 g/mol. The van der Waals surface area contributed by atoms with Crippen LogP contribution < -0.4 is 10.1 Å². The molecule has 0 fully saturated rings. The van der Waals surface area contributed by atoms with Crippen molar-refractivity contribution >= 4 is 5.91 Å². The topological polar surface area (TPSA) is 76.4 Å². The molecule has 2 rings (SSSR count). The van der Waals surface area contributed by atoms with E-state index in [0.717, 1.165) is 0 Å². The Morgan fingerprint density at radius 2 is 2.17 bits per heavy atom. The predicted octanol–water partition coefficient (Wildman–Crippen LogP) is 1.79. The summed E-state index contributed by atoms with van der Waals surface area (Å²) in [5, 5.41) is 16.7. The molecule has 1 aromatic heterocycles. The molecule has 1 amide bonds. The number of ether oxygens (including phenoxy) is 1. The molecule has 0 spiro atoms. The number of aromatic nitrogens is 2. The monoisotopic (exact) mass is 325 g/mol. The summed E-state index contributed by atoms with van der Waals surface area (Å²) < 4.78 is 30.1. The SMILES string of the molecule is Cc1cc(C(=O)NCC(O)c2cccc(OC(F)F)c2)n(C)n1. The second kappa shape index (κ2) is 7.19. The fraction of sp³-hybridized carbons (Fsp3) is 0.333. The van der Waals surface area contributed by atoms with Crippen LogP contribution in [-0.4, -0.2) is 34.0 Å². The Bertz CT molecular complexity index is 688. The van der Waals surface area contributed by atoms with Crippen LogP contribution in [0, 0.1) is 6.92 Å². The highest BCUT2D eigenvalue weighted by Crippen LogP contribution is 2.20. The Morgan fingerprint density at radius 3 is 2.78 bits per heavy atom. The maximum Gasteiger partial charge on any atom is 0.387 e. The van der Waals surface area contributed by atoms with Gasteiger partial charge < -0.3 is 15.2 Å². The number of hydrogen-bond donors (Lipinski definition) is 2. The minimum absolute atomic E-state index is 0.0508. The summed E-state index contributed by atoms with van der Waals surface area (Å²) in [6, 6.07) is 7.33. The van der Waals surface area contributed by atoms with Gasteiger partial charge in [-0.1, -0.05) is 12.1 Å². The van der Waals surface area contributed by atoms with Crippen molar-refractivity contribution in [1.29, 1.82) is 0 Å². The van der Waals surface area contributed by atoms with Gasteiger partial charge in [-0.3, -0.25) is 9.48 Å². The van der Waals surface area contributed by atoms with Crippen molar-refractivity contribution in [3.05, 3.63) is 47.3 Å². The average molecular weight is 325 g/mol. The summed E-state index contributed by atoms with van der Waals surface area (Å²) >= 11 is 0. The van der Waals surface area contributed by atoms with Gasteiger partial charge in [0, 0.05) is 13.6 Å². The van der Waals surface area contributed by atoms with Gasteiger partial charge in [-0.25, -0.2) is 0 Å². The normalized spacial score (nSPS) is 12.3. The number of aryl methyl sites for hydroxylation is 2. The Balaban J connectivity index is 1.98. The van der Waals surface area contributed by atoms with Gasteiger partial charge >= 0.3 is 6.61 Å². The van der Waals surface area contributed by atoms with E-state index < -0.39 is 12.7 Å². The van der Waals surface area contributed by atoms with Crippen LogP contribution in [0.4, 0.5) is 8.78 Å². The van der Waals surface area contributed by atoms with Gasteiger partial charge in [0.2, 0.25) is 0 Å². The number of halogens is 2. The van der Waals surface area contributed by atoms with Crippen LogP contribution in [0.15, 0.2) is 30.3 Å².